The largest absolute Gasteiger partial charge is 0.324 e. The molecule has 0 radical (unpaired) electrons. The number of nitrogens with zero attached hydrogens (tertiary/aromatic N) is 7. The lowest BCUT2D eigenvalue weighted by molar-refractivity contribution is 1.06. The Labute approximate surface area is 263 Å². The number of benzene rings is 6. The van der Waals surface area contributed by atoms with Crippen LogP contribution in [0.2, 0.25) is 5.28 Å². The van der Waals surface area contributed by atoms with Crippen molar-refractivity contribution in [1.82, 2.24) is 15.0 Å². The van der Waals surface area contributed by atoms with Gasteiger partial charge >= 0.3 is 0 Å². The Morgan fingerprint density at radius 2 is 0.778 bits per heavy atom. The topological polar surface area (TPSA) is 112 Å². The van der Waals surface area contributed by atoms with E-state index in [9.17, 15) is 0 Å². The van der Waals surface area contributed by atoms with Crippen molar-refractivity contribution in [3.63, 3.8) is 0 Å². The molecule has 0 atom stereocenters. The zero-order valence-electron chi connectivity index (χ0n) is 23.7. The van der Waals surface area contributed by atoms with E-state index in [0.717, 1.165) is 44.3 Å². The number of anilines is 4. The number of aromatic nitrogens is 3. The Bertz CT molecular complexity index is 2030. The molecule has 216 valence electrons. The molecule has 0 amide bonds. The molecule has 7 aromatic rings. The van der Waals surface area contributed by atoms with Crippen LogP contribution >= 0.6 is 11.6 Å². The molecule has 45 heavy (non-hydrogen) atoms. The molecule has 2 N–H and O–H groups in total. The van der Waals surface area contributed by atoms with Gasteiger partial charge in [0.15, 0.2) is 0 Å². The third-order valence-corrected chi connectivity index (χ3v) is 7.05. The van der Waals surface area contributed by atoms with Crippen LogP contribution in [0.1, 0.15) is 0 Å². The van der Waals surface area contributed by atoms with Crippen LogP contribution in [-0.4, -0.2) is 15.0 Å². The van der Waals surface area contributed by atoms with Gasteiger partial charge in [-0.2, -0.15) is 35.4 Å². The molecule has 6 aromatic carbocycles. The molecule has 10 heteroatoms. The number of rotatable bonds is 8. The number of azo groups is 2. The van der Waals surface area contributed by atoms with E-state index in [2.05, 4.69) is 70.3 Å². The van der Waals surface area contributed by atoms with Crippen molar-refractivity contribution in [2.24, 2.45) is 20.5 Å². The maximum atomic E-state index is 6.21. The fraction of sp³-hybridized carbons (Fsp3) is 0. The maximum absolute atomic E-state index is 6.21. The first kappa shape index (κ1) is 27.8. The monoisotopic (exact) mass is 605 g/mol. The van der Waals surface area contributed by atoms with Crippen molar-refractivity contribution in [1.29, 1.82) is 0 Å². The van der Waals surface area contributed by atoms with Crippen molar-refractivity contribution < 1.29 is 0 Å². The molecule has 0 aliphatic carbocycles. The van der Waals surface area contributed by atoms with Crippen LogP contribution in [0.25, 0.3) is 21.5 Å². The normalized spacial score (nSPS) is 11.5. The van der Waals surface area contributed by atoms with Gasteiger partial charge in [0.1, 0.15) is 0 Å². The minimum Gasteiger partial charge on any atom is -0.324 e. The number of hydrogen-bond acceptors (Lipinski definition) is 9. The molecule has 0 spiro atoms. The van der Waals surface area contributed by atoms with Gasteiger partial charge in [-0.3, -0.25) is 0 Å². The first-order valence-electron chi connectivity index (χ1n) is 14.1. The molecule has 0 aliphatic heterocycles. The fourth-order valence-corrected chi connectivity index (χ4v) is 4.81. The molecule has 9 nitrogen and oxygen atoms in total. The molecule has 1 heterocycles. The summed E-state index contributed by atoms with van der Waals surface area (Å²) in [6, 6.07) is 43.2. The van der Waals surface area contributed by atoms with Crippen molar-refractivity contribution in [2.45, 2.75) is 0 Å². The Morgan fingerprint density at radius 1 is 0.400 bits per heavy atom. The Balaban J connectivity index is 0.984. The van der Waals surface area contributed by atoms with E-state index < -0.39 is 0 Å². The molecule has 0 saturated carbocycles. The predicted molar refractivity (Wildman–Crippen MR) is 181 cm³/mol. The second-order valence-electron chi connectivity index (χ2n) is 10.1. The number of fused-ring (bicyclic) bond motifs is 2. The summed E-state index contributed by atoms with van der Waals surface area (Å²) >= 11 is 6.21. The van der Waals surface area contributed by atoms with E-state index in [4.69, 9.17) is 11.6 Å². The maximum Gasteiger partial charge on any atom is 0.233 e. The van der Waals surface area contributed by atoms with E-state index in [0.29, 0.717) is 23.3 Å². The zero-order valence-corrected chi connectivity index (χ0v) is 24.5. The number of hydrogen-bond donors (Lipinski definition) is 2. The summed E-state index contributed by atoms with van der Waals surface area (Å²) in [7, 11) is 0. The van der Waals surface area contributed by atoms with Gasteiger partial charge in [0, 0.05) is 11.4 Å². The number of nitrogens with one attached hydrogen (secondary N) is 2. The van der Waals surface area contributed by atoms with Gasteiger partial charge in [0.25, 0.3) is 0 Å². The van der Waals surface area contributed by atoms with Crippen LogP contribution in [0, 0.1) is 0 Å². The summed E-state index contributed by atoms with van der Waals surface area (Å²) < 4.78 is 0. The quantitative estimate of drug-likeness (QED) is 0.167. The van der Waals surface area contributed by atoms with E-state index in [1.807, 2.05) is 109 Å². The molecule has 7 rings (SSSR count). The lowest BCUT2D eigenvalue weighted by Gasteiger charge is -2.09. The molecule has 0 fully saturated rings. The van der Waals surface area contributed by atoms with E-state index in [-0.39, 0.29) is 5.28 Å². The van der Waals surface area contributed by atoms with Crippen LogP contribution in [0.3, 0.4) is 0 Å². The minimum atomic E-state index is 0.0524. The van der Waals surface area contributed by atoms with Gasteiger partial charge in [0.05, 0.1) is 22.7 Å². The number of halogens is 1. The first-order valence-corrected chi connectivity index (χ1v) is 14.5. The van der Waals surface area contributed by atoms with Crippen LogP contribution < -0.4 is 10.6 Å². The lowest BCUT2D eigenvalue weighted by atomic mass is 10.1. The smallest absolute Gasteiger partial charge is 0.233 e. The summed E-state index contributed by atoms with van der Waals surface area (Å²) in [5.41, 5.74) is 4.52. The predicted octanol–water partition coefficient (Wildman–Crippen LogP) is 11.1. The summed E-state index contributed by atoms with van der Waals surface area (Å²) in [6.45, 7) is 0. The highest BCUT2D eigenvalue weighted by atomic mass is 35.5. The van der Waals surface area contributed by atoms with Crippen LogP contribution in [0.4, 0.5) is 46.0 Å². The highest BCUT2D eigenvalue weighted by Gasteiger charge is 2.07. The molecule has 0 aliphatic rings. The van der Waals surface area contributed by atoms with Gasteiger partial charge in [-0.05, 0) is 106 Å². The summed E-state index contributed by atoms with van der Waals surface area (Å²) in [5, 5.41) is 28.4. The van der Waals surface area contributed by atoms with Crippen molar-refractivity contribution in [3.05, 3.63) is 139 Å². The lowest BCUT2D eigenvalue weighted by Crippen LogP contribution is -2.03. The summed E-state index contributed by atoms with van der Waals surface area (Å²) in [6.07, 6.45) is 0. The zero-order chi connectivity index (χ0) is 30.4. The summed E-state index contributed by atoms with van der Waals surface area (Å²) in [5.74, 6) is 0.590. The Morgan fingerprint density at radius 3 is 1.22 bits per heavy atom. The minimum absolute atomic E-state index is 0.0524. The summed E-state index contributed by atoms with van der Waals surface area (Å²) in [4.78, 5) is 12.9. The van der Waals surface area contributed by atoms with E-state index in [1.165, 1.54) is 0 Å². The molecule has 0 saturated heterocycles. The SMILES string of the molecule is Clc1nc(Nc2ccc(N=Nc3ccc4ccccc4c3)cc2)nc(Nc2ccc(N=Nc3ccc4ccccc4c3)cc2)n1. The van der Waals surface area contributed by atoms with Gasteiger partial charge < -0.3 is 10.6 Å². The standard InChI is InChI=1S/C35H24ClN9/c36-33-39-34(37-27-13-17-29(18-14-27)42-44-31-11-9-23-5-1-3-7-25(23)21-31)41-35(40-33)38-28-15-19-30(20-16-28)43-45-32-12-10-24-6-2-4-8-26(24)22-32/h1-22H,(H2,37,38,39,40,41). The van der Waals surface area contributed by atoms with Gasteiger partial charge in [-0.1, -0.05) is 60.7 Å². The Hall–Kier alpha value is -6.06. The van der Waals surface area contributed by atoms with Crippen LogP contribution in [0.5, 0.6) is 0 Å². The third kappa shape index (κ3) is 6.96. The Kier molecular flexibility index (Phi) is 7.81. The first-order chi connectivity index (χ1) is 22.1. The average molecular weight is 606 g/mol. The second kappa shape index (κ2) is 12.7. The van der Waals surface area contributed by atoms with Gasteiger partial charge in [-0.15, -0.1) is 0 Å². The molecule has 0 unspecified atom stereocenters. The second-order valence-corrected chi connectivity index (χ2v) is 10.4. The third-order valence-electron chi connectivity index (χ3n) is 6.88. The van der Waals surface area contributed by atoms with E-state index in [1.54, 1.807) is 0 Å². The highest BCUT2D eigenvalue weighted by Crippen LogP contribution is 2.27. The van der Waals surface area contributed by atoms with Gasteiger partial charge in [-0.25, -0.2) is 0 Å². The molecular formula is C35H24ClN9. The molecule has 1 aromatic heterocycles. The van der Waals surface area contributed by atoms with Crippen LogP contribution in [-0.2, 0) is 0 Å². The van der Waals surface area contributed by atoms with Crippen molar-refractivity contribution >= 4 is 79.2 Å². The average Bonchev–Trinajstić information content (AvgIpc) is 3.07. The molecular weight excluding hydrogens is 582 g/mol. The van der Waals surface area contributed by atoms with Crippen LogP contribution in [0.15, 0.2) is 154 Å². The highest BCUT2D eigenvalue weighted by molar-refractivity contribution is 6.28. The van der Waals surface area contributed by atoms with Crippen molar-refractivity contribution in [2.75, 3.05) is 10.6 Å². The van der Waals surface area contributed by atoms with Crippen molar-refractivity contribution in [3.8, 4) is 0 Å². The molecule has 0 bridgehead atoms. The van der Waals surface area contributed by atoms with E-state index >= 15 is 0 Å². The fourth-order valence-electron chi connectivity index (χ4n) is 4.65. The van der Waals surface area contributed by atoms with Gasteiger partial charge in [0.2, 0.25) is 17.2 Å².